The summed E-state index contributed by atoms with van der Waals surface area (Å²) in [7, 11) is 0. The average Bonchev–Trinajstić information content (AvgIpc) is 2.74. The summed E-state index contributed by atoms with van der Waals surface area (Å²) >= 11 is 0. The minimum atomic E-state index is -0.172. The molecule has 1 atom stereocenters. The quantitative estimate of drug-likeness (QED) is 0.681. The fourth-order valence-electron chi connectivity index (χ4n) is 1.75. The molecule has 0 aliphatic carbocycles. The van der Waals surface area contributed by atoms with Crippen LogP contribution in [0.3, 0.4) is 0 Å². The van der Waals surface area contributed by atoms with Crippen molar-refractivity contribution in [3.05, 3.63) is 11.8 Å². The van der Waals surface area contributed by atoms with Gasteiger partial charge in [-0.05, 0) is 18.8 Å². The molecular weight excluding hydrogens is 208 g/mol. The van der Waals surface area contributed by atoms with Gasteiger partial charge in [0.2, 0.25) is 0 Å². The zero-order valence-electron chi connectivity index (χ0n) is 9.03. The Morgan fingerprint density at radius 1 is 1.75 bits per heavy atom. The molecule has 0 bridgehead atoms. The number of ether oxygens (including phenoxy) is 1. The molecule has 4 N–H and O–H groups in total. The number of aromatic amines is 1. The van der Waals surface area contributed by atoms with Gasteiger partial charge in [0.1, 0.15) is 11.5 Å². The number of nitrogens with zero attached hydrogens (tertiary/aromatic N) is 1. The van der Waals surface area contributed by atoms with Crippen molar-refractivity contribution in [2.75, 3.05) is 25.5 Å². The topological polar surface area (TPSA) is 93.0 Å². The molecule has 0 spiro atoms. The number of H-pyrrole nitrogens is 1. The van der Waals surface area contributed by atoms with Gasteiger partial charge in [-0.15, -0.1) is 0 Å². The van der Waals surface area contributed by atoms with Crippen LogP contribution in [-0.2, 0) is 4.74 Å². The lowest BCUT2D eigenvalue weighted by Crippen LogP contribution is -2.33. The third kappa shape index (κ3) is 2.73. The van der Waals surface area contributed by atoms with E-state index < -0.39 is 0 Å². The molecule has 1 saturated heterocycles. The molecule has 0 saturated carbocycles. The predicted molar refractivity (Wildman–Crippen MR) is 58.9 cm³/mol. The van der Waals surface area contributed by atoms with Crippen molar-refractivity contribution in [1.82, 2.24) is 15.5 Å². The van der Waals surface area contributed by atoms with E-state index in [2.05, 4.69) is 15.5 Å². The Labute approximate surface area is 93.5 Å². The highest BCUT2D eigenvalue weighted by molar-refractivity contribution is 5.92. The van der Waals surface area contributed by atoms with E-state index in [-0.39, 0.29) is 5.91 Å². The SMILES string of the molecule is Nc1cc(C(=O)NCC2CCCOC2)[nH]n1. The first-order chi connectivity index (χ1) is 7.75. The average molecular weight is 224 g/mol. The van der Waals surface area contributed by atoms with Crippen LogP contribution in [-0.4, -0.2) is 35.9 Å². The number of hydrogen-bond donors (Lipinski definition) is 3. The van der Waals surface area contributed by atoms with Gasteiger partial charge in [0.15, 0.2) is 0 Å². The molecule has 6 nitrogen and oxygen atoms in total. The number of carbonyl (C=O) groups is 1. The standard InChI is InChI=1S/C10H16N4O2/c11-9-4-8(13-14-9)10(15)12-5-7-2-1-3-16-6-7/h4,7H,1-3,5-6H2,(H,12,15)(H3,11,13,14). The van der Waals surface area contributed by atoms with Gasteiger partial charge in [0.05, 0.1) is 6.61 Å². The maximum atomic E-state index is 11.6. The molecule has 1 aliphatic heterocycles. The van der Waals surface area contributed by atoms with Gasteiger partial charge in [-0.3, -0.25) is 9.89 Å². The second kappa shape index (κ2) is 4.98. The number of aromatic nitrogens is 2. The van der Waals surface area contributed by atoms with Crippen LogP contribution < -0.4 is 11.1 Å². The first kappa shape index (κ1) is 10.9. The Morgan fingerprint density at radius 3 is 3.25 bits per heavy atom. The zero-order valence-corrected chi connectivity index (χ0v) is 9.03. The van der Waals surface area contributed by atoms with E-state index in [1.807, 2.05) is 0 Å². The normalized spacial score (nSPS) is 20.6. The van der Waals surface area contributed by atoms with Gasteiger partial charge in [-0.2, -0.15) is 5.10 Å². The molecule has 88 valence electrons. The molecule has 16 heavy (non-hydrogen) atoms. The Kier molecular flexibility index (Phi) is 3.40. The van der Waals surface area contributed by atoms with Crippen molar-refractivity contribution >= 4 is 11.7 Å². The molecule has 1 aromatic rings. The number of hydrogen-bond acceptors (Lipinski definition) is 4. The Balaban J connectivity index is 1.79. The number of nitrogen functional groups attached to an aromatic ring is 1. The summed E-state index contributed by atoms with van der Waals surface area (Å²) in [5, 5.41) is 9.11. The summed E-state index contributed by atoms with van der Waals surface area (Å²) in [5.74, 6) is 0.568. The summed E-state index contributed by atoms with van der Waals surface area (Å²) in [6, 6.07) is 1.52. The van der Waals surface area contributed by atoms with Crippen LogP contribution in [0.2, 0.25) is 0 Å². The van der Waals surface area contributed by atoms with Gasteiger partial charge in [0.25, 0.3) is 5.91 Å². The maximum absolute atomic E-state index is 11.6. The van der Waals surface area contributed by atoms with Gasteiger partial charge in [0, 0.05) is 19.2 Å². The highest BCUT2D eigenvalue weighted by Crippen LogP contribution is 2.12. The highest BCUT2D eigenvalue weighted by atomic mass is 16.5. The lowest BCUT2D eigenvalue weighted by molar-refractivity contribution is 0.0535. The lowest BCUT2D eigenvalue weighted by atomic mass is 10.0. The number of anilines is 1. The lowest BCUT2D eigenvalue weighted by Gasteiger charge is -2.21. The second-order valence-electron chi connectivity index (χ2n) is 4.00. The predicted octanol–water partition coefficient (Wildman–Crippen LogP) is 0.148. The number of nitrogens with two attached hydrogens (primary N) is 1. The molecule has 1 unspecified atom stereocenters. The molecule has 2 rings (SSSR count). The molecule has 1 fully saturated rings. The largest absolute Gasteiger partial charge is 0.382 e. The Bertz CT molecular complexity index is 357. The van der Waals surface area contributed by atoms with Crippen molar-refractivity contribution in [3.8, 4) is 0 Å². The Morgan fingerprint density at radius 2 is 2.62 bits per heavy atom. The van der Waals surface area contributed by atoms with E-state index >= 15 is 0 Å². The molecule has 2 heterocycles. The Hall–Kier alpha value is -1.56. The van der Waals surface area contributed by atoms with Gasteiger partial charge in [-0.25, -0.2) is 0 Å². The van der Waals surface area contributed by atoms with Gasteiger partial charge in [-0.1, -0.05) is 0 Å². The van der Waals surface area contributed by atoms with E-state index in [0.29, 0.717) is 24.0 Å². The van der Waals surface area contributed by atoms with Gasteiger partial charge >= 0.3 is 0 Å². The van der Waals surface area contributed by atoms with Crippen molar-refractivity contribution < 1.29 is 9.53 Å². The van der Waals surface area contributed by atoms with Crippen molar-refractivity contribution in [1.29, 1.82) is 0 Å². The molecule has 1 amide bonds. The van der Waals surface area contributed by atoms with E-state index in [1.54, 1.807) is 0 Å². The first-order valence-electron chi connectivity index (χ1n) is 5.42. The monoisotopic (exact) mass is 224 g/mol. The number of rotatable bonds is 3. The van der Waals surface area contributed by atoms with E-state index in [0.717, 1.165) is 26.1 Å². The van der Waals surface area contributed by atoms with Crippen molar-refractivity contribution in [2.24, 2.45) is 5.92 Å². The number of carbonyl (C=O) groups excluding carboxylic acids is 1. The molecule has 1 aromatic heterocycles. The van der Waals surface area contributed by atoms with E-state index in [1.165, 1.54) is 6.07 Å². The van der Waals surface area contributed by atoms with Crippen LogP contribution in [0.4, 0.5) is 5.82 Å². The van der Waals surface area contributed by atoms with Gasteiger partial charge < -0.3 is 15.8 Å². The minimum Gasteiger partial charge on any atom is -0.382 e. The summed E-state index contributed by atoms with van der Waals surface area (Å²) in [6.07, 6.45) is 2.17. The first-order valence-corrected chi connectivity index (χ1v) is 5.42. The molecule has 6 heteroatoms. The minimum absolute atomic E-state index is 0.172. The van der Waals surface area contributed by atoms with Crippen LogP contribution in [0.1, 0.15) is 23.3 Å². The summed E-state index contributed by atoms with van der Waals surface area (Å²) in [4.78, 5) is 11.6. The fraction of sp³-hybridized carbons (Fsp3) is 0.600. The van der Waals surface area contributed by atoms with Crippen LogP contribution >= 0.6 is 0 Å². The summed E-state index contributed by atoms with van der Waals surface area (Å²) in [5.41, 5.74) is 5.81. The molecule has 0 radical (unpaired) electrons. The van der Waals surface area contributed by atoms with Crippen molar-refractivity contribution in [2.45, 2.75) is 12.8 Å². The molecule has 1 aliphatic rings. The third-order valence-electron chi connectivity index (χ3n) is 2.65. The summed E-state index contributed by atoms with van der Waals surface area (Å²) < 4.78 is 5.33. The smallest absolute Gasteiger partial charge is 0.269 e. The highest BCUT2D eigenvalue weighted by Gasteiger charge is 2.15. The van der Waals surface area contributed by atoms with Crippen LogP contribution in [0, 0.1) is 5.92 Å². The van der Waals surface area contributed by atoms with E-state index in [4.69, 9.17) is 10.5 Å². The van der Waals surface area contributed by atoms with Crippen molar-refractivity contribution in [3.63, 3.8) is 0 Å². The van der Waals surface area contributed by atoms with Crippen LogP contribution in [0.5, 0.6) is 0 Å². The number of amides is 1. The summed E-state index contributed by atoms with van der Waals surface area (Å²) in [6.45, 7) is 2.20. The second-order valence-corrected chi connectivity index (χ2v) is 4.00. The number of nitrogens with one attached hydrogen (secondary N) is 2. The third-order valence-corrected chi connectivity index (χ3v) is 2.65. The molecular formula is C10H16N4O2. The molecule has 0 aromatic carbocycles. The fourth-order valence-corrected chi connectivity index (χ4v) is 1.75. The zero-order chi connectivity index (χ0) is 11.4. The maximum Gasteiger partial charge on any atom is 0.269 e. The van der Waals surface area contributed by atoms with Crippen LogP contribution in [0.15, 0.2) is 6.07 Å². The van der Waals surface area contributed by atoms with Crippen LogP contribution in [0.25, 0.3) is 0 Å². The van der Waals surface area contributed by atoms with E-state index in [9.17, 15) is 4.79 Å².